The molecule has 144 valence electrons. The fraction of sp³-hybridized carbons (Fsp3) is 0.105. The Morgan fingerprint density at radius 3 is 2.29 bits per heavy atom. The minimum absolute atomic E-state index is 0.00962. The second kappa shape index (κ2) is 7.73. The van der Waals surface area contributed by atoms with Crippen molar-refractivity contribution in [3.63, 3.8) is 0 Å². The summed E-state index contributed by atoms with van der Waals surface area (Å²) >= 11 is 0. The number of nitrogens with zero attached hydrogens (tertiary/aromatic N) is 2. The van der Waals surface area contributed by atoms with Gasteiger partial charge in [-0.15, -0.1) is 0 Å². The summed E-state index contributed by atoms with van der Waals surface area (Å²) < 4.78 is 40.8. The van der Waals surface area contributed by atoms with Gasteiger partial charge in [0.15, 0.2) is 0 Å². The number of hydrogen-bond acceptors (Lipinski definition) is 5. The van der Waals surface area contributed by atoms with E-state index in [1.807, 2.05) is 0 Å². The Balaban J connectivity index is 1.85. The SMILES string of the molecule is Cc1cnc(C(=O)Nc2ccc(C)c(S(=O)(=O)Nc3ccc(F)cc3)c2)cn1. The molecular formula is C19H17FN4O3S. The predicted octanol–water partition coefficient (Wildman–Crippen LogP) is 3.29. The van der Waals surface area contributed by atoms with Gasteiger partial charge < -0.3 is 5.32 Å². The van der Waals surface area contributed by atoms with E-state index in [0.717, 1.165) is 12.1 Å². The molecule has 7 nitrogen and oxygen atoms in total. The van der Waals surface area contributed by atoms with E-state index in [0.29, 0.717) is 11.3 Å². The Morgan fingerprint density at radius 2 is 1.64 bits per heavy atom. The number of sulfonamides is 1. The van der Waals surface area contributed by atoms with Crippen LogP contribution in [-0.2, 0) is 10.0 Å². The lowest BCUT2D eigenvalue weighted by molar-refractivity contribution is 0.102. The van der Waals surface area contributed by atoms with Crippen LogP contribution in [0.4, 0.5) is 15.8 Å². The van der Waals surface area contributed by atoms with Crippen molar-refractivity contribution in [2.45, 2.75) is 18.7 Å². The number of halogens is 1. The Hall–Kier alpha value is -3.33. The first kappa shape index (κ1) is 19.4. The zero-order valence-corrected chi connectivity index (χ0v) is 15.9. The van der Waals surface area contributed by atoms with Crippen LogP contribution >= 0.6 is 0 Å². The van der Waals surface area contributed by atoms with Gasteiger partial charge in [-0.05, 0) is 55.8 Å². The molecule has 1 heterocycles. The molecule has 9 heteroatoms. The Labute approximate surface area is 161 Å². The lowest BCUT2D eigenvalue weighted by Crippen LogP contribution is -2.17. The molecule has 3 aromatic rings. The maximum atomic E-state index is 13.0. The van der Waals surface area contributed by atoms with Gasteiger partial charge in [0.05, 0.1) is 16.8 Å². The predicted molar refractivity (Wildman–Crippen MR) is 103 cm³/mol. The first-order chi connectivity index (χ1) is 13.2. The number of benzene rings is 2. The number of rotatable bonds is 5. The summed E-state index contributed by atoms with van der Waals surface area (Å²) in [6.07, 6.45) is 2.80. The molecular weight excluding hydrogens is 383 g/mol. The van der Waals surface area contributed by atoms with Gasteiger partial charge in [0.1, 0.15) is 11.5 Å². The molecule has 0 spiro atoms. The van der Waals surface area contributed by atoms with Crippen molar-refractivity contribution in [2.24, 2.45) is 0 Å². The van der Waals surface area contributed by atoms with Gasteiger partial charge in [0, 0.05) is 17.6 Å². The van der Waals surface area contributed by atoms with Crippen molar-refractivity contribution in [1.29, 1.82) is 0 Å². The summed E-state index contributed by atoms with van der Waals surface area (Å²) in [5.74, 6) is -0.978. The normalized spacial score (nSPS) is 11.1. The van der Waals surface area contributed by atoms with E-state index in [4.69, 9.17) is 0 Å². The third kappa shape index (κ3) is 4.49. The lowest BCUT2D eigenvalue weighted by atomic mass is 10.2. The standard InChI is InChI=1S/C19H17FN4O3S/c1-12-3-6-16(23-19(25)17-11-21-13(2)10-22-17)9-18(12)28(26,27)24-15-7-4-14(20)5-8-15/h3-11,24H,1-2H3,(H,23,25). The molecule has 28 heavy (non-hydrogen) atoms. The Kier molecular flexibility index (Phi) is 5.36. The zero-order chi connectivity index (χ0) is 20.3. The molecule has 0 fully saturated rings. The van der Waals surface area contributed by atoms with Gasteiger partial charge in [-0.3, -0.25) is 14.5 Å². The van der Waals surface area contributed by atoms with Crippen LogP contribution < -0.4 is 10.0 Å². The highest BCUT2D eigenvalue weighted by Gasteiger charge is 2.19. The Morgan fingerprint density at radius 1 is 0.964 bits per heavy atom. The van der Waals surface area contributed by atoms with E-state index < -0.39 is 21.7 Å². The molecule has 0 saturated carbocycles. The quantitative estimate of drug-likeness (QED) is 0.684. The third-order valence-corrected chi connectivity index (χ3v) is 5.37. The van der Waals surface area contributed by atoms with Crippen LogP contribution in [-0.4, -0.2) is 24.3 Å². The second-order valence-electron chi connectivity index (χ2n) is 6.09. The molecule has 0 saturated heterocycles. The first-order valence-electron chi connectivity index (χ1n) is 8.24. The van der Waals surface area contributed by atoms with E-state index in [2.05, 4.69) is 20.0 Å². The second-order valence-corrected chi connectivity index (χ2v) is 7.74. The number of carbonyl (C=O) groups is 1. The van der Waals surface area contributed by atoms with E-state index in [9.17, 15) is 17.6 Å². The average molecular weight is 400 g/mol. The van der Waals surface area contributed by atoms with Crippen LogP contribution in [0.2, 0.25) is 0 Å². The topological polar surface area (TPSA) is 101 Å². The van der Waals surface area contributed by atoms with Crippen molar-refractivity contribution in [3.05, 3.63) is 77.6 Å². The van der Waals surface area contributed by atoms with Crippen LogP contribution in [0.3, 0.4) is 0 Å². The average Bonchev–Trinajstić information content (AvgIpc) is 2.65. The number of aromatic nitrogens is 2. The van der Waals surface area contributed by atoms with Crippen molar-refractivity contribution >= 4 is 27.3 Å². The summed E-state index contributed by atoms with van der Waals surface area (Å²) in [4.78, 5) is 20.3. The highest BCUT2D eigenvalue weighted by Crippen LogP contribution is 2.23. The molecule has 2 N–H and O–H groups in total. The van der Waals surface area contributed by atoms with E-state index >= 15 is 0 Å². The van der Waals surface area contributed by atoms with Crippen LogP contribution in [0.25, 0.3) is 0 Å². The molecule has 0 aliphatic rings. The van der Waals surface area contributed by atoms with Crippen LogP contribution in [0, 0.1) is 19.7 Å². The number of nitrogens with one attached hydrogen (secondary N) is 2. The molecule has 0 aliphatic carbocycles. The lowest BCUT2D eigenvalue weighted by Gasteiger charge is -2.12. The molecule has 0 bridgehead atoms. The molecule has 0 aliphatic heterocycles. The molecule has 0 unspecified atom stereocenters. The molecule has 0 atom stereocenters. The fourth-order valence-electron chi connectivity index (χ4n) is 2.40. The van der Waals surface area contributed by atoms with Gasteiger partial charge in [-0.25, -0.2) is 17.8 Å². The van der Waals surface area contributed by atoms with Crippen LogP contribution in [0.15, 0.2) is 59.8 Å². The number of carbonyl (C=O) groups excluding carboxylic acids is 1. The third-order valence-electron chi connectivity index (χ3n) is 3.85. The van der Waals surface area contributed by atoms with Crippen molar-refractivity contribution in [2.75, 3.05) is 10.0 Å². The number of amides is 1. The van der Waals surface area contributed by atoms with Crippen molar-refractivity contribution < 1.29 is 17.6 Å². The first-order valence-corrected chi connectivity index (χ1v) is 9.72. The molecule has 1 aromatic heterocycles. The number of anilines is 2. The highest BCUT2D eigenvalue weighted by molar-refractivity contribution is 7.92. The van der Waals surface area contributed by atoms with Crippen molar-refractivity contribution in [1.82, 2.24) is 9.97 Å². The highest BCUT2D eigenvalue weighted by atomic mass is 32.2. The maximum Gasteiger partial charge on any atom is 0.275 e. The number of aryl methyl sites for hydroxylation is 2. The zero-order valence-electron chi connectivity index (χ0n) is 15.1. The molecule has 2 aromatic carbocycles. The van der Waals surface area contributed by atoms with E-state index in [1.165, 1.54) is 30.6 Å². The molecule has 1 amide bonds. The van der Waals surface area contributed by atoms with Crippen molar-refractivity contribution in [3.8, 4) is 0 Å². The summed E-state index contributed by atoms with van der Waals surface area (Å²) in [6.45, 7) is 3.39. The van der Waals surface area contributed by atoms with Gasteiger partial charge in [0.2, 0.25) is 0 Å². The fourth-order valence-corrected chi connectivity index (χ4v) is 3.73. The minimum Gasteiger partial charge on any atom is -0.321 e. The monoisotopic (exact) mass is 400 g/mol. The van der Waals surface area contributed by atoms with Crippen LogP contribution in [0.1, 0.15) is 21.7 Å². The summed E-state index contributed by atoms with van der Waals surface area (Å²) in [5.41, 5.74) is 1.79. The summed E-state index contributed by atoms with van der Waals surface area (Å²) in [6, 6.07) is 9.48. The van der Waals surface area contributed by atoms with E-state index in [1.54, 1.807) is 26.0 Å². The largest absolute Gasteiger partial charge is 0.321 e. The number of hydrogen-bond donors (Lipinski definition) is 2. The smallest absolute Gasteiger partial charge is 0.275 e. The molecule has 0 radical (unpaired) electrons. The van der Waals surface area contributed by atoms with Gasteiger partial charge in [-0.1, -0.05) is 6.07 Å². The van der Waals surface area contributed by atoms with Gasteiger partial charge in [-0.2, -0.15) is 0 Å². The van der Waals surface area contributed by atoms with E-state index in [-0.39, 0.29) is 22.0 Å². The van der Waals surface area contributed by atoms with Gasteiger partial charge in [0.25, 0.3) is 15.9 Å². The Bertz CT molecular complexity index is 1110. The van der Waals surface area contributed by atoms with Crippen LogP contribution in [0.5, 0.6) is 0 Å². The van der Waals surface area contributed by atoms with Gasteiger partial charge >= 0.3 is 0 Å². The summed E-state index contributed by atoms with van der Waals surface area (Å²) in [7, 11) is -3.94. The molecule has 3 rings (SSSR count). The summed E-state index contributed by atoms with van der Waals surface area (Å²) in [5, 5.41) is 2.61. The maximum absolute atomic E-state index is 13.0. The minimum atomic E-state index is -3.94.